The van der Waals surface area contributed by atoms with Crippen molar-refractivity contribution in [1.29, 1.82) is 0 Å². The van der Waals surface area contributed by atoms with Crippen molar-refractivity contribution in [2.75, 3.05) is 19.5 Å². The van der Waals surface area contributed by atoms with E-state index in [2.05, 4.69) is 10.6 Å². The third kappa shape index (κ3) is 5.67. The molecule has 0 spiro atoms. The molecule has 0 radical (unpaired) electrons. The van der Waals surface area contributed by atoms with Gasteiger partial charge in [-0.05, 0) is 48.9 Å². The van der Waals surface area contributed by atoms with Crippen molar-refractivity contribution in [1.82, 2.24) is 5.32 Å². The van der Waals surface area contributed by atoms with E-state index in [1.54, 1.807) is 37.4 Å². The molecule has 1 aromatic carbocycles. The van der Waals surface area contributed by atoms with Gasteiger partial charge in [-0.25, -0.2) is 4.79 Å². The molecule has 2 N–H and O–H groups in total. The van der Waals surface area contributed by atoms with E-state index in [0.29, 0.717) is 16.5 Å². The lowest BCUT2D eigenvalue weighted by Crippen LogP contribution is -2.35. The summed E-state index contributed by atoms with van der Waals surface area (Å²) >= 11 is 1.03. The molecule has 0 saturated heterocycles. The van der Waals surface area contributed by atoms with Crippen LogP contribution >= 0.6 is 11.3 Å². The van der Waals surface area contributed by atoms with Crippen LogP contribution in [0.3, 0.4) is 0 Å². The molecule has 1 atom stereocenters. The molecule has 2 aromatic heterocycles. The average molecular weight is 458 g/mol. The van der Waals surface area contributed by atoms with E-state index in [9.17, 15) is 14.4 Å². The summed E-state index contributed by atoms with van der Waals surface area (Å²) < 4.78 is 20.7. The van der Waals surface area contributed by atoms with Gasteiger partial charge in [0, 0.05) is 6.54 Å². The highest BCUT2D eigenvalue weighted by Gasteiger charge is 2.21. The number of methoxy groups -OCH3 is 2. The minimum atomic E-state index is -1.01. The van der Waals surface area contributed by atoms with Gasteiger partial charge in [0.05, 0.1) is 25.5 Å². The lowest BCUT2D eigenvalue weighted by atomic mass is 10.2. The number of rotatable bonds is 9. The van der Waals surface area contributed by atoms with Gasteiger partial charge in [0.2, 0.25) is 0 Å². The predicted molar refractivity (Wildman–Crippen MR) is 117 cm³/mol. The summed E-state index contributed by atoms with van der Waals surface area (Å²) in [6, 6.07) is 11.5. The molecule has 168 valence electrons. The quantitative estimate of drug-likeness (QED) is 0.472. The van der Waals surface area contributed by atoms with Gasteiger partial charge >= 0.3 is 5.97 Å². The second kappa shape index (κ2) is 10.5. The number of hydrogen-bond donors (Lipinski definition) is 2. The van der Waals surface area contributed by atoms with Crippen molar-refractivity contribution in [2.45, 2.75) is 19.6 Å². The van der Waals surface area contributed by atoms with Crippen LogP contribution < -0.4 is 20.1 Å². The summed E-state index contributed by atoms with van der Waals surface area (Å²) in [5.41, 5.74) is 0.796. The zero-order valence-corrected chi connectivity index (χ0v) is 18.5. The molecule has 2 heterocycles. The zero-order valence-electron chi connectivity index (χ0n) is 17.7. The standard InChI is InChI=1S/C22H22N2O7S/c1-13(20(25)23-12-14-6-7-15(28-2)17(11-14)29-3)31-22(27)18-8-9-19(32-18)24-21(26)16-5-4-10-30-16/h4-11,13H,12H2,1-3H3,(H,23,25)(H,24,26). The zero-order chi connectivity index (χ0) is 23.1. The number of thiophene rings is 1. The van der Waals surface area contributed by atoms with Gasteiger partial charge in [0.1, 0.15) is 4.88 Å². The smallest absolute Gasteiger partial charge is 0.349 e. The molecule has 0 aliphatic rings. The van der Waals surface area contributed by atoms with Gasteiger partial charge in [0.15, 0.2) is 23.4 Å². The summed E-state index contributed by atoms with van der Waals surface area (Å²) in [5, 5.41) is 5.79. The maximum atomic E-state index is 12.4. The molecular weight excluding hydrogens is 436 g/mol. The maximum absolute atomic E-state index is 12.4. The first-order valence-electron chi connectivity index (χ1n) is 9.55. The lowest BCUT2D eigenvalue weighted by Gasteiger charge is -2.14. The first-order valence-corrected chi connectivity index (χ1v) is 10.4. The van der Waals surface area contributed by atoms with Crippen LogP contribution in [0.5, 0.6) is 11.5 Å². The van der Waals surface area contributed by atoms with Gasteiger partial charge in [-0.2, -0.15) is 0 Å². The van der Waals surface area contributed by atoms with Gasteiger partial charge in [-0.1, -0.05) is 6.07 Å². The first kappa shape index (κ1) is 22.9. The summed E-state index contributed by atoms with van der Waals surface area (Å²) in [5.74, 6) is -0.257. The fourth-order valence-electron chi connectivity index (χ4n) is 2.69. The third-order valence-electron chi connectivity index (χ3n) is 4.36. The van der Waals surface area contributed by atoms with E-state index in [1.807, 2.05) is 0 Å². The van der Waals surface area contributed by atoms with E-state index in [4.69, 9.17) is 18.6 Å². The number of ether oxygens (including phenoxy) is 3. The Morgan fingerprint density at radius 1 is 1.06 bits per heavy atom. The van der Waals surface area contributed by atoms with Crippen LogP contribution in [0.1, 0.15) is 32.7 Å². The van der Waals surface area contributed by atoms with Gasteiger partial charge < -0.3 is 29.3 Å². The highest BCUT2D eigenvalue weighted by molar-refractivity contribution is 7.18. The summed E-state index contributed by atoms with van der Waals surface area (Å²) in [6.45, 7) is 1.71. The fraction of sp³-hybridized carbons (Fsp3) is 0.227. The number of anilines is 1. The number of hydrogen-bond acceptors (Lipinski definition) is 8. The highest BCUT2D eigenvalue weighted by atomic mass is 32.1. The fourth-order valence-corrected chi connectivity index (χ4v) is 3.48. The van der Waals surface area contributed by atoms with Crippen molar-refractivity contribution >= 4 is 34.1 Å². The van der Waals surface area contributed by atoms with Crippen LogP contribution in [0.4, 0.5) is 5.00 Å². The molecule has 0 aliphatic carbocycles. The number of carbonyl (C=O) groups excluding carboxylic acids is 3. The second-order valence-electron chi connectivity index (χ2n) is 6.55. The van der Waals surface area contributed by atoms with Crippen LogP contribution in [-0.2, 0) is 16.1 Å². The minimum absolute atomic E-state index is 0.155. The van der Waals surface area contributed by atoms with Crippen LogP contribution in [0.2, 0.25) is 0 Å². The Kier molecular flexibility index (Phi) is 7.50. The van der Waals surface area contributed by atoms with E-state index >= 15 is 0 Å². The Morgan fingerprint density at radius 3 is 2.53 bits per heavy atom. The number of amides is 2. The van der Waals surface area contributed by atoms with E-state index in [1.165, 1.54) is 32.4 Å². The Balaban J connectivity index is 1.51. The Bertz CT molecular complexity index is 1090. The monoisotopic (exact) mass is 458 g/mol. The molecule has 0 bridgehead atoms. The number of nitrogens with one attached hydrogen (secondary N) is 2. The van der Waals surface area contributed by atoms with E-state index in [0.717, 1.165) is 16.9 Å². The highest BCUT2D eigenvalue weighted by Crippen LogP contribution is 2.27. The molecule has 3 aromatic rings. The molecular formula is C22H22N2O7S. The molecule has 3 rings (SSSR count). The molecule has 0 aliphatic heterocycles. The van der Waals surface area contributed by atoms with Crippen LogP contribution in [-0.4, -0.2) is 38.1 Å². The lowest BCUT2D eigenvalue weighted by molar-refractivity contribution is -0.129. The number of benzene rings is 1. The SMILES string of the molecule is COc1ccc(CNC(=O)C(C)OC(=O)c2ccc(NC(=O)c3ccco3)s2)cc1OC. The third-order valence-corrected chi connectivity index (χ3v) is 5.34. The van der Waals surface area contributed by atoms with Crippen molar-refractivity contribution in [3.8, 4) is 11.5 Å². The molecule has 9 nitrogen and oxygen atoms in total. The maximum Gasteiger partial charge on any atom is 0.349 e. The average Bonchev–Trinajstić information content (AvgIpc) is 3.49. The molecule has 2 amide bonds. The van der Waals surface area contributed by atoms with Gasteiger partial charge in [-0.3, -0.25) is 9.59 Å². The number of esters is 1. The van der Waals surface area contributed by atoms with Crippen LogP contribution in [0.15, 0.2) is 53.1 Å². The Hall–Kier alpha value is -3.79. The molecule has 0 fully saturated rings. The van der Waals surface area contributed by atoms with Crippen molar-refractivity contribution < 1.29 is 33.0 Å². The first-order chi connectivity index (χ1) is 15.4. The largest absolute Gasteiger partial charge is 0.493 e. The second-order valence-corrected chi connectivity index (χ2v) is 7.63. The topological polar surface area (TPSA) is 116 Å². The van der Waals surface area contributed by atoms with Gasteiger partial charge in [0.25, 0.3) is 11.8 Å². The van der Waals surface area contributed by atoms with Crippen LogP contribution in [0.25, 0.3) is 0 Å². The summed E-state index contributed by atoms with van der Waals surface area (Å²) in [4.78, 5) is 37.0. The summed E-state index contributed by atoms with van der Waals surface area (Å²) in [7, 11) is 3.07. The predicted octanol–water partition coefficient (Wildman–Crippen LogP) is 3.47. The number of carbonyl (C=O) groups is 3. The van der Waals surface area contributed by atoms with Crippen molar-refractivity contribution in [3.05, 3.63) is 64.9 Å². The van der Waals surface area contributed by atoms with Crippen molar-refractivity contribution in [3.63, 3.8) is 0 Å². The number of furan rings is 1. The molecule has 32 heavy (non-hydrogen) atoms. The molecule has 0 saturated carbocycles. The Morgan fingerprint density at radius 2 is 1.84 bits per heavy atom. The van der Waals surface area contributed by atoms with Crippen LogP contribution in [0, 0.1) is 0 Å². The normalized spacial score (nSPS) is 11.3. The van der Waals surface area contributed by atoms with E-state index in [-0.39, 0.29) is 17.2 Å². The van der Waals surface area contributed by atoms with E-state index < -0.39 is 23.9 Å². The molecule has 1 unspecified atom stereocenters. The molecule has 10 heteroatoms. The minimum Gasteiger partial charge on any atom is -0.493 e. The van der Waals surface area contributed by atoms with Gasteiger partial charge in [-0.15, -0.1) is 11.3 Å². The Labute approximate surface area is 188 Å². The summed E-state index contributed by atoms with van der Waals surface area (Å²) in [6.07, 6.45) is 0.384. The van der Waals surface area contributed by atoms with Crippen molar-refractivity contribution in [2.24, 2.45) is 0 Å².